The van der Waals surface area contributed by atoms with Crippen molar-refractivity contribution in [3.05, 3.63) is 64.4 Å². The third-order valence-electron chi connectivity index (χ3n) is 8.19. The lowest BCUT2D eigenvalue weighted by atomic mass is 10.1. The van der Waals surface area contributed by atoms with Crippen LogP contribution in [0.1, 0.15) is 36.0 Å². The Morgan fingerprint density at radius 3 is 2.40 bits per heavy atom. The Balaban J connectivity index is 1.17. The van der Waals surface area contributed by atoms with Crippen molar-refractivity contribution in [1.29, 1.82) is 0 Å². The molecular weight excluding hydrogens is 554 g/mol. The molecule has 11 heteroatoms. The van der Waals surface area contributed by atoms with E-state index in [9.17, 15) is 14.4 Å². The summed E-state index contributed by atoms with van der Waals surface area (Å²) in [6.45, 7) is 5.09. The molecule has 0 spiro atoms. The number of aromatic nitrogens is 2. The van der Waals surface area contributed by atoms with E-state index in [1.165, 1.54) is 11.8 Å². The average molecular weight is 592 g/mol. The highest BCUT2D eigenvalue weighted by Gasteiger charge is 2.24. The molecule has 3 aromatic rings. The molecule has 2 atom stereocenters. The van der Waals surface area contributed by atoms with Crippen LogP contribution in [0.3, 0.4) is 0 Å². The van der Waals surface area contributed by atoms with E-state index in [-0.39, 0.29) is 35.3 Å². The molecule has 3 fully saturated rings. The number of carbonyl (C=O) groups is 2. The first-order valence-electron chi connectivity index (χ1n) is 14.8. The van der Waals surface area contributed by atoms with E-state index in [4.69, 9.17) is 14.5 Å². The van der Waals surface area contributed by atoms with Crippen molar-refractivity contribution in [2.45, 2.75) is 49.6 Å². The van der Waals surface area contributed by atoms with Crippen LogP contribution in [0.2, 0.25) is 0 Å². The van der Waals surface area contributed by atoms with Gasteiger partial charge in [-0.3, -0.25) is 19.0 Å². The van der Waals surface area contributed by atoms with Gasteiger partial charge in [-0.15, -0.1) is 0 Å². The average Bonchev–Trinajstić information content (AvgIpc) is 3.75. The predicted molar refractivity (Wildman–Crippen MR) is 162 cm³/mol. The second-order valence-electron chi connectivity index (χ2n) is 11.0. The van der Waals surface area contributed by atoms with Crippen molar-refractivity contribution in [2.75, 3.05) is 56.6 Å². The molecule has 42 heavy (non-hydrogen) atoms. The monoisotopic (exact) mass is 591 g/mol. The number of amides is 2. The number of hydrogen-bond donors (Lipinski definition) is 1. The summed E-state index contributed by atoms with van der Waals surface area (Å²) in [5.74, 6) is -0.0270. The molecule has 0 aliphatic carbocycles. The van der Waals surface area contributed by atoms with E-state index in [1.807, 2.05) is 23.1 Å². The molecule has 0 radical (unpaired) electrons. The summed E-state index contributed by atoms with van der Waals surface area (Å²) in [7, 11) is 0. The smallest absolute Gasteiger partial charge is 0.262 e. The van der Waals surface area contributed by atoms with Gasteiger partial charge in [0.25, 0.3) is 11.5 Å². The zero-order valence-electron chi connectivity index (χ0n) is 23.7. The van der Waals surface area contributed by atoms with Gasteiger partial charge in [0.05, 0.1) is 35.4 Å². The Morgan fingerprint density at radius 1 is 0.952 bits per heavy atom. The Bertz CT molecular complexity index is 1460. The van der Waals surface area contributed by atoms with Crippen LogP contribution in [0.5, 0.6) is 0 Å². The van der Waals surface area contributed by atoms with Crippen LogP contribution in [-0.4, -0.2) is 90.2 Å². The molecule has 6 rings (SSSR count). The fraction of sp³-hybridized carbons (Fsp3) is 0.484. The van der Waals surface area contributed by atoms with Crippen LogP contribution in [0.25, 0.3) is 10.9 Å². The highest BCUT2D eigenvalue weighted by atomic mass is 32.2. The van der Waals surface area contributed by atoms with E-state index >= 15 is 0 Å². The lowest BCUT2D eigenvalue weighted by molar-refractivity contribution is -0.128. The minimum absolute atomic E-state index is 0.0213. The molecule has 0 bridgehead atoms. The van der Waals surface area contributed by atoms with Gasteiger partial charge in [0.1, 0.15) is 0 Å². The summed E-state index contributed by atoms with van der Waals surface area (Å²) < 4.78 is 13.1. The lowest BCUT2D eigenvalue weighted by Crippen LogP contribution is -2.49. The molecule has 222 valence electrons. The number of benzene rings is 2. The van der Waals surface area contributed by atoms with Crippen LogP contribution < -0.4 is 15.8 Å². The van der Waals surface area contributed by atoms with Gasteiger partial charge in [-0.05, 0) is 56.0 Å². The molecule has 4 heterocycles. The maximum absolute atomic E-state index is 13.7. The summed E-state index contributed by atoms with van der Waals surface area (Å²) in [4.78, 5) is 48.7. The highest BCUT2D eigenvalue weighted by Crippen LogP contribution is 2.23. The Kier molecular flexibility index (Phi) is 9.07. The molecule has 1 aromatic heterocycles. The number of anilines is 1. The van der Waals surface area contributed by atoms with Crippen LogP contribution in [0.15, 0.2) is 58.5 Å². The van der Waals surface area contributed by atoms with Crippen LogP contribution >= 0.6 is 11.8 Å². The number of piperazine rings is 1. The summed E-state index contributed by atoms with van der Waals surface area (Å²) in [5.41, 5.74) is 1.86. The van der Waals surface area contributed by atoms with Crippen molar-refractivity contribution >= 4 is 40.2 Å². The van der Waals surface area contributed by atoms with Gasteiger partial charge >= 0.3 is 0 Å². The Hall–Kier alpha value is -3.41. The van der Waals surface area contributed by atoms with E-state index in [2.05, 4.69) is 22.3 Å². The van der Waals surface area contributed by atoms with Gasteiger partial charge in [-0.25, -0.2) is 4.98 Å². The van der Waals surface area contributed by atoms with Gasteiger partial charge in [0.2, 0.25) is 5.91 Å². The first-order chi connectivity index (χ1) is 20.5. The largest absolute Gasteiger partial charge is 0.376 e. The summed E-state index contributed by atoms with van der Waals surface area (Å²) in [6, 6.07) is 15.2. The lowest BCUT2D eigenvalue weighted by Gasteiger charge is -2.36. The molecule has 0 saturated carbocycles. The second kappa shape index (κ2) is 13.3. The first-order valence-corrected chi connectivity index (χ1v) is 15.8. The summed E-state index contributed by atoms with van der Waals surface area (Å²) >= 11 is 1.27. The van der Waals surface area contributed by atoms with Crippen molar-refractivity contribution < 1.29 is 19.1 Å². The van der Waals surface area contributed by atoms with Crippen LogP contribution in [-0.2, 0) is 20.8 Å². The molecule has 1 N–H and O–H groups in total. The van der Waals surface area contributed by atoms with Gasteiger partial charge in [0, 0.05) is 57.2 Å². The molecule has 3 aliphatic rings. The van der Waals surface area contributed by atoms with Crippen LogP contribution in [0.4, 0.5) is 5.69 Å². The van der Waals surface area contributed by atoms with Gasteiger partial charge in [-0.2, -0.15) is 0 Å². The summed E-state index contributed by atoms with van der Waals surface area (Å²) in [5, 5.41) is 3.84. The normalized spacial score (nSPS) is 20.8. The van der Waals surface area contributed by atoms with Crippen molar-refractivity contribution in [2.24, 2.45) is 0 Å². The Morgan fingerprint density at radius 2 is 1.69 bits per heavy atom. The standard InChI is InChI=1S/C31H37N5O5S/c37-28(35-14-12-34(13-15-35)23-6-2-1-3-7-23)21-42-31-33-27-18-22(29(38)32-19-24-8-4-16-40-24)10-11-26(27)30(39)36(31)20-25-9-5-17-41-25/h1-3,6-7,10-11,18,24-25H,4-5,8-9,12-17,19-21H2,(H,32,38)/t24-,25+/m1/s1. The highest BCUT2D eigenvalue weighted by molar-refractivity contribution is 7.99. The quantitative estimate of drug-likeness (QED) is 0.299. The fourth-order valence-corrected chi connectivity index (χ4v) is 6.70. The SMILES string of the molecule is O=C(NC[C@H]1CCCO1)c1ccc2c(=O)n(C[C@@H]3CCCO3)c(SCC(=O)N3CCN(c4ccccc4)CC3)nc2c1. The number of para-hydroxylation sites is 1. The molecule has 10 nitrogen and oxygen atoms in total. The second-order valence-corrected chi connectivity index (χ2v) is 12.0. The zero-order valence-corrected chi connectivity index (χ0v) is 24.5. The molecule has 0 unspecified atom stereocenters. The number of hydrogen-bond acceptors (Lipinski definition) is 8. The third-order valence-corrected chi connectivity index (χ3v) is 9.15. The number of thioether (sulfide) groups is 1. The number of rotatable bonds is 9. The van der Waals surface area contributed by atoms with E-state index in [1.54, 1.807) is 22.8 Å². The number of carbonyl (C=O) groups excluding carboxylic acids is 2. The molecule has 3 saturated heterocycles. The van der Waals surface area contributed by atoms with Crippen molar-refractivity contribution in [3.8, 4) is 0 Å². The number of fused-ring (bicyclic) bond motifs is 1. The zero-order chi connectivity index (χ0) is 28.9. The molecule has 2 aromatic carbocycles. The number of nitrogens with one attached hydrogen (secondary N) is 1. The van der Waals surface area contributed by atoms with E-state index < -0.39 is 0 Å². The minimum Gasteiger partial charge on any atom is -0.376 e. The number of ether oxygens (including phenoxy) is 2. The first kappa shape index (κ1) is 28.7. The van der Waals surface area contributed by atoms with Crippen molar-refractivity contribution in [3.63, 3.8) is 0 Å². The fourth-order valence-electron chi connectivity index (χ4n) is 5.79. The predicted octanol–water partition coefficient (Wildman–Crippen LogP) is 2.93. The molecule has 2 amide bonds. The third kappa shape index (κ3) is 6.63. The van der Waals surface area contributed by atoms with E-state index in [0.29, 0.717) is 54.4 Å². The number of nitrogens with zero attached hydrogens (tertiary/aromatic N) is 4. The van der Waals surface area contributed by atoms with E-state index in [0.717, 1.165) is 51.1 Å². The van der Waals surface area contributed by atoms with Crippen molar-refractivity contribution in [1.82, 2.24) is 19.8 Å². The topological polar surface area (TPSA) is 106 Å². The Labute approximate surface area is 249 Å². The maximum atomic E-state index is 13.7. The summed E-state index contributed by atoms with van der Waals surface area (Å²) in [6.07, 6.45) is 3.76. The maximum Gasteiger partial charge on any atom is 0.262 e. The van der Waals surface area contributed by atoms with Gasteiger partial charge in [-0.1, -0.05) is 30.0 Å². The minimum atomic E-state index is -0.225. The molecular formula is C31H37N5O5S. The molecule has 3 aliphatic heterocycles. The van der Waals surface area contributed by atoms with Gasteiger partial charge in [0.15, 0.2) is 5.16 Å². The van der Waals surface area contributed by atoms with Gasteiger partial charge < -0.3 is 24.6 Å². The van der Waals surface area contributed by atoms with Crippen LogP contribution in [0, 0.1) is 0 Å².